The molecule has 0 aliphatic heterocycles. The van der Waals surface area contributed by atoms with Gasteiger partial charge in [0.2, 0.25) is 10.0 Å². The van der Waals surface area contributed by atoms with E-state index in [1.54, 1.807) is 0 Å². The van der Waals surface area contributed by atoms with E-state index < -0.39 is 15.8 Å². The molecule has 0 saturated heterocycles. The van der Waals surface area contributed by atoms with Gasteiger partial charge in [0.25, 0.3) is 0 Å². The zero-order chi connectivity index (χ0) is 14.9. The minimum absolute atomic E-state index is 0.0599. The number of hydrogen-bond acceptors (Lipinski definition) is 4. The van der Waals surface area contributed by atoms with Gasteiger partial charge in [0, 0.05) is 0 Å². The lowest BCUT2D eigenvalue weighted by Gasteiger charge is -2.13. The summed E-state index contributed by atoms with van der Waals surface area (Å²) < 4.78 is 35.9. The van der Waals surface area contributed by atoms with Crippen molar-refractivity contribution in [1.82, 2.24) is 0 Å². The molecule has 0 aliphatic rings. The Hall–Kier alpha value is -1.83. The lowest BCUT2D eigenvalue weighted by Crippen LogP contribution is -2.15. The third-order valence-electron chi connectivity index (χ3n) is 2.57. The molecule has 0 amide bonds. The Morgan fingerprint density at radius 2 is 1.85 bits per heavy atom. The van der Waals surface area contributed by atoms with Crippen LogP contribution in [0.5, 0.6) is 0 Å². The average Bonchev–Trinajstić information content (AvgIpc) is 2.35. The monoisotopic (exact) mass is 315 g/mol. The minimum atomic E-state index is -3.94. The van der Waals surface area contributed by atoms with Crippen LogP contribution >= 0.6 is 11.6 Å². The molecular weight excluding hydrogens is 305 g/mol. The number of halogens is 2. The number of sulfonamides is 1. The number of rotatable bonds is 3. The lowest BCUT2D eigenvalue weighted by molar-refractivity contribution is 0.598. The first-order valence-corrected chi connectivity index (χ1v) is 7.35. The largest absolute Gasteiger partial charge is 0.396 e. The van der Waals surface area contributed by atoms with Gasteiger partial charge in [-0.25, -0.2) is 17.9 Å². The average molecular weight is 316 g/mol. The van der Waals surface area contributed by atoms with Crippen molar-refractivity contribution in [3.63, 3.8) is 0 Å². The predicted octanol–water partition coefficient (Wildman–Crippen LogP) is 2.45. The topological polar surface area (TPSA) is 98.2 Å². The Morgan fingerprint density at radius 3 is 2.50 bits per heavy atom. The Morgan fingerprint density at radius 1 is 1.15 bits per heavy atom. The number of nitrogens with two attached hydrogens (primary N) is 2. The van der Waals surface area contributed by atoms with Gasteiger partial charge >= 0.3 is 0 Å². The van der Waals surface area contributed by atoms with Crippen LogP contribution in [-0.4, -0.2) is 8.42 Å². The molecule has 0 unspecified atom stereocenters. The standard InChI is InChI=1S/C12H11ClFN3O2S/c13-8-5-4-7(14)6-10(8)17-9-2-1-3-11(12(9)15)20(16,18)19/h1-6,17H,15H2,(H2,16,18,19). The summed E-state index contributed by atoms with van der Waals surface area (Å²) in [6.45, 7) is 0. The molecule has 0 aliphatic carbocycles. The molecule has 0 saturated carbocycles. The molecule has 106 valence electrons. The van der Waals surface area contributed by atoms with E-state index in [4.69, 9.17) is 22.5 Å². The highest BCUT2D eigenvalue weighted by Crippen LogP contribution is 2.31. The number of nitrogen functional groups attached to an aromatic ring is 1. The summed E-state index contributed by atoms with van der Waals surface area (Å²) in [4.78, 5) is -0.213. The second kappa shape index (κ2) is 5.28. The highest BCUT2D eigenvalue weighted by Gasteiger charge is 2.15. The van der Waals surface area contributed by atoms with Crippen LogP contribution in [0.4, 0.5) is 21.5 Å². The fourth-order valence-electron chi connectivity index (χ4n) is 1.64. The van der Waals surface area contributed by atoms with E-state index >= 15 is 0 Å². The number of anilines is 3. The molecule has 2 rings (SSSR count). The van der Waals surface area contributed by atoms with Crippen molar-refractivity contribution >= 4 is 38.7 Å². The maximum atomic E-state index is 13.2. The molecule has 20 heavy (non-hydrogen) atoms. The van der Waals surface area contributed by atoms with Crippen LogP contribution in [0.3, 0.4) is 0 Å². The van der Waals surface area contributed by atoms with Gasteiger partial charge in [-0.15, -0.1) is 0 Å². The summed E-state index contributed by atoms with van der Waals surface area (Å²) in [5.74, 6) is -0.488. The van der Waals surface area contributed by atoms with Gasteiger partial charge in [-0.05, 0) is 30.3 Å². The van der Waals surface area contributed by atoms with Gasteiger partial charge in [0.15, 0.2) is 0 Å². The van der Waals surface area contributed by atoms with Crippen molar-refractivity contribution in [2.45, 2.75) is 4.90 Å². The number of nitrogens with one attached hydrogen (secondary N) is 1. The van der Waals surface area contributed by atoms with Crippen molar-refractivity contribution < 1.29 is 12.8 Å². The van der Waals surface area contributed by atoms with E-state index in [9.17, 15) is 12.8 Å². The maximum Gasteiger partial charge on any atom is 0.240 e. The van der Waals surface area contributed by atoms with Gasteiger partial charge in [-0.1, -0.05) is 17.7 Å². The molecule has 8 heteroatoms. The van der Waals surface area contributed by atoms with Crippen molar-refractivity contribution in [3.8, 4) is 0 Å². The molecule has 2 aromatic carbocycles. The van der Waals surface area contributed by atoms with Crippen LogP contribution in [0.1, 0.15) is 0 Å². The van der Waals surface area contributed by atoms with E-state index in [0.717, 1.165) is 0 Å². The third-order valence-corrected chi connectivity index (χ3v) is 3.87. The van der Waals surface area contributed by atoms with Crippen molar-refractivity contribution in [1.29, 1.82) is 0 Å². The van der Waals surface area contributed by atoms with Gasteiger partial charge in [0.05, 0.1) is 22.1 Å². The minimum Gasteiger partial charge on any atom is -0.396 e. The van der Waals surface area contributed by atoms with Gasteiger partial charge < -0.3 is 11.1 Å². The van der Waals surface area contributed by atoms with E-state index in [-0.39, 0.29) is 27.0 Å². The van der Waals surface area contributed by atoms with Crippen LogP contribution in [0.2, 0.25) is 5.02 Å². The van der Waals surface area contributed by atoms with E-state index in [1.165, 1.54) is 36.4 Å². The smallest absolute Gasteiger partial charge is 0.240 e. The van der Waals surface area contributed by atoms with Crippen LogP contribution < -0.4 is 16.2 Å². The van der Waals surface area contributed by atoms with Crippen LogP contribution in [0, 0.1) is 5.82 Å². The van der Waals surface area contributed by atoms with Gasteiger partial charge in [-0.2, -0.15) is 0 Å². The fraction of sp³-hybridized carbons (Fsp3) is 0. The van der Waals surface area contributed by atoms with Crippen LogP contribution in [-0.2, 0) is 10.0 Å². The molecular formula is C12H11ClFN3O2S. The number of primary sulfonamides is 1. The molecule has 2 aromatic rings. The summed E-state index contributed by atoms with van der Waals surface area (Å²) >= 11 is 5.92. The number of para-hydroxylation sites is 1. The Bertz CT molecular complexity index is 765. The number of hydrogen-bond donors (Lipinski definition) is 3. The van der Waals surface area contributed by atoms with E-state index in [2.05, 4.69) is 5.32 Å². The SMILES string of the molecule is Nc1c(Nc2cc(F)ccc2Cl)cccc1S(N)(=O)=O. The first-order chi connectivity index (χ1) is 9.29. The van der Waals surface area contributed by atoms with Crippen molar-refractivity contribution in [2.75, 3.05) is 11.1 Å². The summed E-state index contributed by atoms with van der Waals surface area (Å²) in [6, 6.07) is 8.03. The number of benzene rings is 2. The summed E-state index contributed by atoms with van der Waals surface area (Å²) in [6.07, 6.45) is 0. The predicted molar refractivity (Wildman–Crippen MR) is 76.9 cm³/mol. The van der Waals surface area contributed by atoms with Crippen LogP contribution in [0.15, 0.2) is 41.3 Å². The molecule has 0 bridgehead atoms. The second-order valence-corrected chi connectivity index (χ2v) is 5.95. The molecule has 0 spiro atoms. The molecule has 0 radical (unpaired) electrons. The van der Waals surface area contributed by atoms with Crippen molar-refractivity contribution in [2.24, 2.45) is 5.14 Å². The Kier molecular flexibility index (Phi) is 3.85. The molecule has 0 heterocycles. The zero-order valence-electron chi connectivity index (χ0n) is 10.1. The summed E-state index contributed by atoms with van der Waals surface area (Å²) in [5.41, 5.74) is 6.22. The highest BCUT2D eigenvalue weighted by atomic mass is 35.5. The third kappa shape index (κ3) is 3.01. The van der Waals surface area contributed by atoms with E-state index in [1.807, 2.05) is 0 Å². The molecule has 0 fully saturated rings. The summed E-state index contributed by atoms with van der Waals surface area (Å²) in [7, 11) is -3.94. The van der Waals surface area contributed by atoms with E-state index in [0.29, 0.717) is 0 Å². The van der Waals surface area contributed by atoms with Crippen molar-refractivity contribution in [3.05, 3.63) is 47.2 Å². The fourth-order valence-corrected chi connectivity index (χ4v) is 2.49. The molecule has 5 nitrogen and oxygen atoms in total. The first kappa shape index (κ1) is 14.6. The molecule has 5 N–H and O–H groups in total. The Balaban J connectivity index is 2.47. The molecule has 0 atom stereocenters. The zero-order valence-corrected chi connectivity index (χ0v) is 11.7. The first-order valence-electron chi connectivity index (χ1n) is 5.42. The van der Waals surface area contributed by atoms with Gasteiger partial charge in [-0.3, -0.25) is 0 Å². The summed E-state index contributed by atoms with van der Waals surface area (Å²) in [5, 5.41) is 8.10. The quantitative estimate of drug-likeness (QED) is 0.758. The van der Waals surface area contributed by atoms with Crippen LogP contribution in [0.25, 0.3) is 0 Å². The Labute approximate surface area is 120 Å². The maximum absolute atomic E-state index is 13.2. The normalized spacial score (nSPS) is 11.3. The highest BCUT2D eigenvalue weighted by molar-refractivity contribution is 7.89. The lowest BCUT2D eigenvalue weighted by atomic mass is 10.2. The second-order valence-electron chi connectivity index (χ2n) is 4.01. The molecule has 0 aromatic heterocycles. The van der Waals surface area contributed by atoms with Gasteiger partial charge in [0.1, 0.15) is 10.7 Å².